The normalized spacial score (nSPS) is 11.1. The number of nitrogens with one attached hydrogen (secondary N) is 1. The van der Waals surface area contributed by atoms with Crippen molar-refractivity contribution in [1.82, 2.24) is 9.78 Å². The summed E-state index contributed by atoms with van der Waals surface area (Å²) in [4.78, 5) is 12.8. The van der Waals surface area contributed by atoms with Gasteiger partial charge in [-0.15, -0.1) is 5.10 Å². The van der Waals surface area contributed by atoms with Crippen molar-refractivity contribution >= 4 is 17.6 Å². The summed E-state index contributed by atoms with van der Waals surface area (Å²) in [6.07, 6.45) is -0.533. The first-order chi connectivity index (χ1) is 15.9. The van der Waals surface area contributed by atoms with E-state index < -0.39 is 11.7 Å². The van der Waals surface area contributed by atoms with Crippen molar-refractivity contribution in [2.75, 3.05) is 5.32 Å². The smallest absolute Gasteiger partial charge is 0.435 e. The summed E-state index contributed by atoms with van der Waals surface area (Å²) >= 11 is 0. The maximum absolute atomic E-state index is 12.8. The molecule has 168 valence electrons. The molecule has 0 saturated heterocycles. The van der Waals surface area contributed by atoms with E-state index in [9.17, 15) is 4.79 Å². The molecule has 1 aromatic heterocycles. The Balaban J connectivity index is 1.56. The zero-order valence-electron chi connectivity index (χ0n) is 19.0. The number of hydrogen-bond donors (Lipinski definition) is 1. The van der Waals surface area contributed by atoms with Crippen LogP contribution in [0.3, 0.4) is 0 Å². The van der Waals surface area contributed by atoms with Crippen molar-refractivity contribution < 1.29 is 14.3 Å². The summed E-state index contributed by atoms with van der Waals surface area (Å²) in [6.45, 7) is 5.97. The Morgan fingerprint density at radius 1 is 0.909 bits per heavy atom. The molecular formula is C27H27N3O3. The third-order valence-corrected chi connectivity index (χ3v) is 4.70. The second-order valence-corrected chi connectivity index (χ2v) is 8.60. The van der Waals surface area contributed by atoms with Gasteiger partial charge in [-0.2, -0.15) is 4.68 Å². The van der Waals surface area contributed by atoms with Crippen molar-refractivity contribution in [3.05, 3.63) is 96.6 Å². The van der Waals surface area contributed by atoms with E-state index in [1.807, 2.05) is 112 Å². The molecule has 6 nitrogen and oxygen atoms in total. The Morgan fingerprint density at radius 3 is 2.30 bits per heavy atom. The van der Waals surface area contributed by atoms with E-state index >= 15 is 0 Å². The van der Waals surface area contributed by atoms with E-state index in [-0.39, 0.29) is 0 Å². The van der Waals surface area contributed by atoms with Gasteiger partial charge in [-0.25, -0.2) is 4.79 Å². The van der Waals surface area contributed by atoms with Crippen LogP contribution in [-0.2, 0) is 11.3 Å². The molecule has 0 fully saturated rings. The molecule has 33 heavy (non-hydrogen) atoms. The van der Waals surface area contributed by atoms with Crippen molar-refractivity contribution in [3.63, 3.8) is 0 Å². The first-order valence-corrected chi connectivity index (χ1v) is 10.8. The molecule has 0 aliphatic rings. The molecule has 0 atom stereocenters. The zero-order valence-corrected chi connectivity index (χ0v) is 19.0. The van der Waals surface area contributed by atoms with E-state index in [2.05, 4.69) is 10.4 Å². The second kappa shape index (κ2) is 9.61. The summed E-state index contributed by atoms with van der Waals surface area (Å²) in [5.74, 6) is 1.26. The monoisotopic (exact) mass is 441 g/mol. The molecule has 0 amide bonds. The van der Waals surface area contributed by atoms with Gasteiger partial charge in [0.05, 0.1) is 5.69 Å². The Hall–Kier alpha value is -4.06. The fourth-order valence-corrected chi connectivity index (χ4v) is 3.25. The molecule has 3 aromatic carbocycles. The van der Waals surface area contributed by atoms with Crippen LogP contribution in [0.25, 0.3) is 11.3 Å². The zero-order chi connectivity index (χ0) is 23.3. The van der Waals surface area contributed by atoms with Crippen molar-refractivity contribution in [2.45, 2.75) is 33.0 Å². The van der Waals surface area contributed by atoms with E-state index in [0.717, 1.165) is 22.6 Å². The number of rotatable bonds is 6. The van der Waals surface area contributed by atoms with Crippen LogP contribution in [0.5, 0.6) is 5.75 Å². The van der Waals surface area contributed by atoms with E-state index in [1.165, 1.54) is 4.68 Å². The van der Waals surface area contributed by atoms with Crippen LogP contribution < -0.4 is 10.1 Å². The molecule has 0 unspecified atom stereocenters. The summed E-state index contributed by atoms with van der Waals surface area (Å²) in [7, 11) is 0. The lowest BCUT2D eigenvalue weighted by Crippen LogP contribution is -2.28. The number of carbonyl (C=O) groups excluding carboxylic acids is 1. The lowest BCUT2D eigenvalue weighted by atomic mass is 10.1. The van der Waals surface area contributed by atoms with Gasteiger partial charge >= 0.3 is 6.09 Å². The summed E-state index contributed by atoms with van der Waals surface area (Å²) < 4.78 is 12.8. The van der Waals surface area contributed by atoms with Gasteiger partial charge in [-0.3, -0.25) is 0 Å². The first kappa shape index (κ1) is 22.1. The van der Waals surface area contributed by atoms with Crippen LogP contribution >= 0.6 is 0 Å². The van der Waals surface area contributed by atoms with Gasteiger partial charge in [0.25, 0.3) is 0 Å². The van der Waals surface area contributed by atoms with Gasteiger partial charge in [-0.05, 0) is 38.5 Å². The number of anilines is 2. The lowest BCUT2D eigenvalue weighted by Gasteiger charge is -2.19. The number of hydrogen-bond acceptors (Lipinski definition) is 5. The van der Waals surface area contributed by atoms with Crippen molar-refractivity contribution in [1.29, 1.82) is 0 Å². The minimum Gasteiger partial charge on any atom is -0.489 e. The molecule has 6 heteroatoms. The highest BCUT2D eigenvalue weighted by molar-refractivity contribution is 5.80. The van der Waals surface area contributed by atoms with Gasteiger partial charge in [0, 0.05) is 23.4 Å². The van der Waals surface area contributed by atoms with Gasteiger partial charge in [0.15, 0.2) is 5.82 Å². The first-order valence-electron chi connectivity index (χ1n) is 10.8. The molecule has 4 aromatic rings. The second-order valence-electron chi connectivity index (χ2n) is 8.60. The SMILES string of the molecule is CC(C)(C)OC(=O)n1nc(Nc2cccc(OCc3ccccc3)c2)cc1-c1ccccc1. The van der Waals surface area contributed by atoms with E-state index in [0.29, 0.717) is 18.1 Å². The number of aromatic nitrogens is 2. The standard InChI is InChI=1S/C27H27N3O3/c1-27(2,3)33-26(31)30-24(21-13-8-5-9-14-21)18-25(29-30)28-22-15-10-16-23(17-22)32-19-20-11-6-4-7-12-20/h4-18H,19H2,1-3H3,(H,28,29). The van der Waals surface area contributed by atoms with Crippen LogP contribution in [0.2, 0.25) is 0 Å². The molecule has 0 bridgehead atoms. The molecule has 0 spiro atoms. The Morgan fingerprint density at radius 2 is 1.61 bits per heavy atom. The molecule has 0 radical (unpaired) electrons. The molecule has 4 rings (SSSR count). The van der Waals surface area contributed by atoms with Crippen molar-refractivity contribution in [2.24, 2.45) is 0 Å². The third-order valence-electron chi connectivity index (χ3n) is 4.70. The van der Waals surface area contributed by atoms with Gasteiger partial charge in [0.1, 0.15) is 18.0 Å². The highest BCUT2D eigenvalue weighted by Gasteiger charge is 2.22. The quantitative estimate of drug-likeness (QED) is 0.363. The predicted molar refractivity (Wildman–Crippen MR) is 130 cm³/mol. The van der Waals surface area contributed by atoms with Gasteiger partial charge in [0.2, 0.25) is 0 Å². The summed E-state index contributed by atoms with van der Waals surface area (Å²) in [5.41, 5.74) is 2.77. The van der Waals surface area contributed by atoms with E-state index in [4.69, 9.17) is 9.47 Å². The average molecular weight is 442 g/mol. The third kappa shape index (κ3) is 6.01. The van der Waals surface area contributed by atoms with Gasteiger partial charge < -0.3 is 14.8 Å². The number of benzene rings is 3. The topological polar surface area (TPSA) is 65.4 Å². The van der Waals surface area contributed by atoms with Crippen molar-refractivity contribution in [3.8, 4) is 17.0 Å². The Labute approximate surface area is 193 Å². The van der Waals surface area contributed by atoms with E-state index in [1.54, 1.807) is 0 Å². The maximum atomic E-state index is 12.8. The number of carbonyl (C=O) groups is 1. The van der Waals surface area contributed by atoms with Crippen LogP contribution in [0.1, 0.15) is 26.3 Å². The molecule has 1 N–H and O–H groups in total. The minimum absolute atomic E-state index is 0.482. The van der Waals surface area contributed by atoms with Crippen LogP contribution in [0, 0.1) is 0 Å². The molecular weight excluding hydrogens is 414 g/mol. The highest BCUT2D eigenvalue weighted by atomic mass is 16.6. The highest BCUT2D eigenvalue weighted by Crippen LogP contribution is 2.27. The fraction of sp³-hybridized carbons (Fsp3) is 0.185. The Bertz CT molecular complexity index is 1210. The minimum atomic E-state index is -0.630. The van der Waals surface area contributed by atoms with Gasteiger partial charge in [-0.1, -0.05) is 66.7 Å². The predicted octanol–water partition coefficient (Wildman–Crippen LogP) is 6.66. The van der Waals surface area contributed by atoms with Crippen LogP contribution in [0.15, 0.2) is 91.0 Å². The molecule has 0 saturated carbocycles. The molecule has 0 aliphatic carbocycles. The van der Waals surface area contributed by atoms with Crippen LogP contribution in [0.4, 0.5) is 16.3 Å². The number of nitrogens with zero attached hydrogens (tertiary/aromatic N) is 2. The average Bonchev–Trinajstić information content (AvgIpc) is 3.22. The largest absolute Gasteiger partial charge is 0.489 e. The summed E-state index contributed by atoms with van der Waals surface area (Å²) in [5, 5.41) is 7.75. The summed E-state index contributed by atoms with van der Waals surface area (Å²) in [6, 6.07) is 29.1. The van der Waals surface area contributed by atoms with Crippen LogP contribution in [-0.4, -0.2) is 21.5 Å². The molecule has 1 heterocycles. The Kier molecular flexibility index (Phi) is 6.45. The number of ether oxygens (including phenoxy) is 2. The molecule has 0 aliphatic heterocycles. The maximum Gasteiger partial charge on any atom is 0.435 e. The lowest BCUT2D eigenvalue weighted by molar-refractivity contribution is 0.0518. The fourth-order valence-electron chi connectivity index (χ4n) is 3.25.